The lowest BCUT2D eigenvalue weighted by Gasteiger charge is -2.29. The Labute approximate surface area is 77.5 Å². The molecule has 0 saturated carbocycles. The molecule has 2 atom stereocenters. The molecular weight excluding hydrogens is 169 g/mol. The standard InChI is InChI=1S/C10H14FNO/c11-9-3-1-8(2-4-9)10-7-13-6-5-12-10/h1,3-4,8,10,12H,2,5-7H2/t8?,10-/m1/s1. The summed E-state index contributed by atoms with van der Waals surface area (Å²) in [4.78, 5) is 0. The molecule has 1 saturated heterocycles. The molecule has 1 aliphatic heterocycles. The van der Waals surface area contributed by atoms with Crippen molar-refractivity contribution >= 4 is 0 Å². The number of rotatable bonds is 1. The molecular formula is C10H14FNO. The van der Waals surface area contributed by atoms with E-state index in [-0.39, 0.29) is 5.83 Å². The first-order chi connectivity index (χ1) is 6.36. The lowest BCUT2D eigenvalue weighted by atomic mass is 9.92. The summed E-state index contributed by atoms with van der Waals surface area (Å²) >= 11 is 0. The maximum atomic E-state index is 12.6. The first-order valence-corrected chi connectivity index (χ1v) is 4.71. The average molecular weight is 183 g/mol. The molecule has 0 amide bonds. The van der Waals surface area contributed by atoms with Gasteiger partial charge in [0.05, 0.1) is 13.2 Å². The van der Waals surface area contributed by atoms with Gasteiger partial charge in [-0.2, -0.15) is 0 Å². The molecule has 1 heterocycles. The second-order valence-electron chi connectivity index (χ2n) is 3.48. The van der Waals surface area contributed by atoms with E-state index >= 15 is 0 Å². The largest absolute Gasteiger partial charge is 0.378 e. The van der Waals surface area contributed by atoms with Crippen LogP contribution in [0.5, 0.6) is 0 Å². The lowest BCUT2D eigenvalue weighted by Crippen LogP contribution is -2.45. The van der Waals surface area contributed by atoms with Gasteiger partial charge in [0.1, 0.15) is 5.83 Å². The van der Waals surface area contributed by atoms with Crippen LogP contribution in [0, 0.1) is 5.92 Å². The Morgan fingerprint density at radius 2 is 2.46 bits per heavy atom. The second kappa shape index (κ2) is 4.03. The van der Waals surface area contributed by atoms with Gasteiger partial charge in [0.25, 0.3) is 0 Å². The summed E-state index contributed by atoms with van der Waals surface area (Å²) in [6.07, 6.45) is 5.90. The fraction of sp³-hybridized carbons (Fsp3) is 0.600. The Morgan fingerprint density at radius 1 is 1.54 bits per heavy atom. The Hall–Kier alpha value is -0.670. The number of allylic oxidation sites excluding steroid dienone is 3. The van der Waals surface area contributed by atoms with Crippen LogP contribution in [0.1, 0.15) is 6.42 Å². The van der Waals surface area contributed by atoms with Crippen molar-refractivity contribution in [2.24, 2.45) is 5.92 Å². The Balaban J connectivity index is 1.91. The molecule has 3 heteroatoms. The zero-order valence-corrected chi connectivity index (χ0v) is 7.50. The van der Waals surface area contributed by atoms with Crippen molar-refractivity contribution in [3.05, 3.63) is 24.1 Å². The van der Waals surface area contributed by atoms with Crippen molar-refractivity contribution < 1.29 is 9.13 Å². The minimum atomic E-state index is -0.118. The van der Waals surface area contributed by atoms with Crippen LogP contribution in [-0.4, -0.2) is 25.8 Å². The normalized spacial score (nSPS) is 34.4. The molecule has 1 aliphatic carbocycles. The van der Waals surface area contributed by atoms with Crippen LogP contribution in [0.2, 0.25) is 0 Å². The van der Waals surface area contributed by atoms with E-state index in [1.54, 1.807) is 12.2 Å². The summed E-state index contributed by atoms with van der Waals surface area (Å²) in [6, 6.07) is 0.356. The second-order valence-corrected chi connectivity index (χ2v) is 3.48. The average Bonchev–Trinajstić information content (AvgIpc) is 2.20. The molecule has 2 rings (SSSR count). The first kappa shape index (κ1) is 8.91. The van der Waals surface area contributed by atoms with E-state index in [0.29, 0.717) is 12.0 Å². The topological polar surface area (TPSA) is 21.3 Å². The van der Waals surface area contributed by atoms with Gasteiger partial charge in [-0.25, -0.2) is 4.39 Å². The highest BCUT2D eigenvalue weighted by Gasteiger charge is 2.22. The van der Waals surface area contributed by atoms with Gasteiger partial charge in [-0.3, -0.25) is 0 Å². The van der Waals surface area contributed by atoms with Gasteiger partial charge in [-0.1, -0.05) is 6.08 Å². The van der Waals surface area contributed by atoms with Gasteiger partial charge in [0.2, 0.25) is 0 Å². The van der Waals surface area contributed by atoms with Crippen LogP contribution < -0.4 is 5.32 Å². The highest BCUT2D eigenvalue weighted by molar-refractivity contribution is 5.18. The van der Waals surface area contributed by atoms with Gasteiger partial charge in [0.15, 0.2) is 0 Å². The lowest BCUT2D eigenvalue weighted by molar-refractivity contribution is 0.0638. The fourth-order valence-corrected chi connectivity index (χ4v) is 1.77. The van der Waals surface area contributed by atoms with Gasteiger partial charge in [-0.15, -0.1) is 0 Å². The minimum Gasteiger partial charge on any atom is -0.378 e. The number of nitrogens with one attached hydrogen (secondary N) is 1. The van der Waals surface area contributed by atoms with Crippen LogP contribution in [0.25, 0.3) is 0 Å². The monoisotopic (exact) mass is 183 g/mol. The molecule has 0 aromatic rings. The molecule has 2 aliphatic rings. The van der Waals surface area contributed by atoms with Crippen LogP contribution >= 0.6 is 0 Å². The third-order valence-corrected chi connectivity index (χ3v) is 2.55. The number of ether oxygens (including phenoxy) is 1. The van der Waals surface area contributed by atoms with E-state index < -0.39 is 0 Å². The van der Waals surface area contributed by atoms with E-state index in [9.17, 15) is 4.39 Å². The van der Waals surface area contributed by atoms with Gasteiger partial charge < -0.3 is 10.1 Å². The minimum absolute atomic E-state index is 0.118. The maximum absolute atomic E-state index is 12.6. The van der Waals surface area contributed by atoms with E-state index in [0.717, 1.165) is 26.2 Å². The Kier molecular flexibility index (Phi) is 2.76. The first-order valence-electron chi connectivity index (χ1n) is 4.71. The molecule has 0 spiro atoms. The Morgan fingerprint density at radius 3 is 3.08 bits per heavy atom. The van der Waals surface area contributed by atoms with Gasteiger partial charge >= 0.3 is 0 Å². The number of hydrogen-bond acceptors (Lipinski definition) is 2. The van der Waals surface area contributed by atoms with Crippen LogP contribution in [-0.2, 0) is 4.74 Å². The Bertz CT molecular complexity index is 231. The summed E-state index contributed by atoms with van der Waals surface area (Å²) in [5, 5.41) is 3.38. The molecule has 1 fully saturated rings. The van der Waals surface area contributed by atoms with E-state index in [2.05, 4.69) is 5.32 Å². The maximum Gasteiger partial charge on any atom is 0.118 e. The van der Waals surface area contributed by atoms with Crippen LogP contribution in [0.3, 0.4) is 0 Å². The number of halogens is 1. The summed E-state index contributed by atoms with van der Waals surface area (Å²) < 4.78 is 18.0. The van der Waals surface area contributed by atoms with Gasteiger partial charge in [0, 0.05) is 12.6 Å². The zero-order valence-electron chi connectivity index (χ0n) is 7.50. The third-order valence-electron chi connectivity index (χ3n) is 2.55. The molecule has 0 radical (unpaired) electrons. The van der Waals surface area contributed by atoms with Crippen molar-refractivity contribution in [2.45, 2.75) is 12.5 Å². The van der Waals surface area contributed by atoms with Crippen LogP contribution in [0.15, 0.2) is 24.1 Å². The molecule has 13 heavy (non-hydrogen) atoms. The highest BCUT2D eigenvalue weighted by atomic mass is 19.1. The summed E-state index contributed by atoms with van der Waals surface area (Å²) in [6.45, 7) is 2.43. The molecule has 0 aromatic carbocycles. The van der Waals surface area contributed by atoms with E-state index in [1.807, 2.05) is 6.08 Å². The summed E-state index contributed by atoms with van der Waals surface area (Å²) in [5.74, 6) is 0.271. The molecule has 2 nitrogen and oxygen atoms in total. The molecule has 1 unspecified atom stereocenters. The van der Waals surface area contributed by atoms with Crippen molar-refractivity contribution in [1.29, 1.82) is 0 Å². The predicted molar refractivity (Wildman–Crippen MR) is 49.0 cm³/mol. The van der Waals surface area contributed by atoms with Gasteiger partial charge in [-0.05, 0) is 24.5 Å². The third kappa shape index (κ3) is 2.17. The van der Waals surface area contributed by atoms with Crippen molar-refractivity contribution in [2.75, 3.05) is 19.8 Å². The zero-order chi connectivity index (χ0) is 9.10. The van der Waals surface area contributed by atoms with Crippen LogP contribution in [0.4, 0.5) is 4.39 Å². The van der Waals surface area contributed by atoms with Crippen molar-refractivity contribution in [3.63, 3.8) is 0 Å². The summed E-state index contributed by atoms with van der Waals surface area (Å²) in [5.41, 5.74) is 0. The SMILES string of the molecule is FC1=CCC([C@H]2COCCN2)C=C1. The van der Waals surface area contributed by atoms with E-state index in [4.69, 9.17) is 4.74 Å². The molecule has 0 aromatic heterocycles. The fourth-order valence-electron chi connectivity index (χ4n) is 1.77. The number of morpholine rings is 1. The summed E-state index contributed by atoms with van der Waals surface area (Å²) in [7, 11) is 0. The molecule has 72 valence electrons. The molecule has 0 bridgehead atoms. The van der Waals surface area contributed by atoms with Crippen molar-refractivity contribution in [1.82, 2.24) is 5.32 Å². The van der Waals surface area contributed by atoms with Crippen molar-refractivity contribution in [3.8, 4) is 0 Å². The smallest absolute Gasteiger partial charge is 0.118 e. The molecule has 1 N–H and O–H groups in total. The highest BCUT2D eigenvalue weighted by Crippen LogP contribution is 2.21. The van der Waals surface area contributed by atoms with E-state index in [1.165, 1.54) is 0 Å². The predicted octanol–water partition coefficient (Wildman–Crippen LogP) is 1.40. The number of hydrogen-bond donors (Lipinski definition) is 1. The quantitative estimate of drug-likeness (QED) is 0.663.